The van der Waals surface area contributed by atoms with Crippen molar-refractivity contribution in [3.05, 3.63) is 47.1 Å². The summed E-state index contributed by atoms with van der Waals surface area (Å²) in [6.45, 7) is 1.77. The van der Waals surface area contributed by atoms with Gasteiger partial charge in [-0.05, 0) is 30.7 Å². The van der Waals surface area contributed by atoms with E-state index >= 15 is 0 Å². The zero-order valence-corrected chi connectivity index (χ0v) is 8.77. The molecule has 0 aliphatic rings. The summed E-state index contributed by atoms with van der Waals surface area (Å²) in [5, 5.41) is 3.73. The first-order valence-corrected chi connectivity index (χ1v) is 4.82. The van der Waals surface area contributed by atoms with Crippen LogP contribution in [0.25, 0.3) is 12.2 Å². The molecule has 0 aliphatic heterocycles. The van der Waals surface area contributed by atoms with Crippen molar-refractivity contribution in [2.24, 2.45) is 0 Å². The first-order chi connectivity index (χ1) is 7.66. The van der Waals surface area contributed by atoms with E-state index in [0.29, 0.717) is 17.1 Å². The molecule has 0 bridgehead atoms. The number of nitrogens with zero attached hydrogens (tertiary/aromatic N) is 1. The number of benzene rings is 1. The minimum absolute atomic E-state index is 0.257. The number of nitrogens with two attached hydrogens (primary N) is 1. The predicted octanol–water partition coefficient (Wildman–Crippen LogP) is 2.87. The molecule has 82 valence electrons. The summed E-state index contributed by atoms with van der Waals surface area (Å²) >= 11 is 0. The normalized spacial score (nSPS) is 11.1. The fourth-order valence-electron chi connectivity index (χ4n) is 1.26. The standard InChI is InChI=1S/C12H11FN2O/c1-8-12(14)11(16-15-8)7-4-9-2-5-10(13)6-3-9/h2-7H,14H2,1H3. The van der Waals surface area contributed by atoms with E-state index in [2.05, 4.69) is 5.16 Å². The summed E-state index contributed by atoms with van der Waals surface area (Å²) in [5.74, 6) is 0.258. The van der Waals surface area contributed by atoms with Crippen LogP contribution in [-0.2, 0) is 0 Å². The lowest BCUT2D eigenvalue weighted by Gasteiger charge is -1.92. The van der Waals surface area contributed by atoms with Crippen LogP contribution >= 0.6 is 0 Å². The number of hydrogen-bond donors (Lipinski definition) is 1. The third kappa shape index (κ3) is 2.11. The Hall–Kier alpha value is -2.10. The molecule has 0 saturated carbocycles. The Bertz CT molecular complexity index is 514. The quantitative estimate of drug-likeness (QED) is 0.843. The van der Waals surface area contributed by atoms with Crippen LogP contribution in [0.4, 0.5) is 10.1 Å². The highest BCUT2D eigenvalue weighted by molar-refractivity contribution is 5.73. The van der Waals surface area contributed by atoms with Gasteiger partial charge >= 0.3 is 0 Å². The topological polar surface area (TPSA) is 52.0 Å². The fraction of sp³-hybridized carbons (Fsp3) is 0.0833. The molecular weight excluding hydrogens is 207 g/mol. The molecule has 0 spiro atoms. The Morgan fingerprint density at radius 3 is 2.50 bits per heavy atom. The van der Waals surface area contributed by atoms with Crippen molar-refractivity contribution >= 4 is 17.8 Å². The van der Waals surface area contributed by atoms with Crippen molar-refractivity contribution in [2.45, 2.75) is 6.92 Å². The second-order valence-corrected chi connectivity index (χ2v) is 3.43. The zero-order valence-electron chi connectivity index (χ0n) is 8.77. The molecule has 0 atom stereocenters. The molecule has 0 amide bonds. The molecule has 0 aliphatic carbocycles. The number of aromatic nitrogens is 1. The molecule has 4 heteroatoms. The molecule has 1 aromatic heterocycles. The molecule has 16 heavy (non-hydrogen) atoms. The van der Waals surface area contributed by atoms with E-state index in [9.17, 15) is 4.39 Å². The number of hydrogen-bond acceptors (Lipinski definition) is 3. The molecule has 1 heterocycles. The zero-order chi connectivity index (χ0) is 11.5. The summed E-state index contributed by atoms with van der Waals surface area (Å²) in [6.07, 6.45) is 3.50. The summed E-state index contributed by atoms with van der Waals surface area (Å²) in [5.41, 5.74) is 7.79. The lowest BCUT2D eigenvalue weighted by atomic mass is 10.2. The van der Waals surface area contributed by atoms with Gasteiger partial charge in [0.1, 0.15) is 17.2 Å². The van der Waals surface area contributed by atoms with Gasteiger partial charge in [0.25, 0.3) is 0 Å². The molecule has 2 aromatic rings. The summed E-state index contributed by atoms with van der Waals surface area (Å²) in [6, 6.07) is 6.14. The molecule has 0 radical (unpaired) electrons. The first-order valence-electron chi connectivity index (χ1n) is 4.82. The van der Waals surface area contributed by atoms with Gasteiger partial charge in [-0.15, -0.1) is 0 Å². The van der Waals surface area contributed by atoms with Crippen LogP contribution in [-0.4, -0.2) is 5.16 Å². The smallest absolute Gasteiger partial charge is 0.182 e. The van der Waals surface area contributed by atoms with Crippen molar-refractivity contribution < 1.29 is 8.91 Å². The summed E-state index contributed by atoms with van der Waals surface area (Å²) in [7, 11) is 0. The number of anilines is 1. The third-order valence-corrected chi connectivity index (χ3v) is 2.23. The SMILES string of the molecule is Cc1noc(C=Cc2ccc(F)cc2)c1N. The van der Waals surface area contributed by atoms with Crippen molar-refractivity contribution in [1.82, 2.24) is 5.16 Å². The maximum atomic E-state index is 12.6. The Balaban J connectivity index is 2.21. The van der Waals surface area contributed by atoms with Crippen LogP contribution in [0.5, 0.6) is 0 Å². The largest absolute Gasteiger partial charge is 0.394 e. The van der Waals surface area contributed by atoms with Gasteiger partial charge in [0.05, 0.1) is 0 Å². The summed E-state index contributed by atoms with van der Waals surface area (Å²) < 4.78 is 17.6. The van der Waals surface area contributed by atoms with E-state index < -0.39 is 0 Å². The van der Waals surface area contributed by atoms with Gasteiger partial charge in [-0.1, -0.05) is 23.4 Å². The average Bonchev–Trinajstić information content (AvgIpc) is 2.60. The lowest BCUT2D eigenvalue weighted by molar-refractivity contribution is 0.408. The minimum Gasteiger partial charge on any atom is -0.394 e. The number of aryl methyl sites for hydroxylation is 1. The second-order valence-electron chi connectivity index (χ2n) is 3.43. The van der Waals surface area contributed by atoms with E-state index in [-0.39, 0.29) is 5.82 Å². The van der Waals surface area contributed by atoms with Crippen LogP contribution in [0.2, 0.25) is 0 Å². The van der Waals surface area contributed by atoms with Crippen molar-refractivity contribution in [3.8, 4) is 0 Å². The van der Waals surface area contributed by atoms with Gasteiger partial charge in [-0.25, -0.2) is 4.39 Å². The molecule has 0 unspecified atom stereocenters. The van der Waals surface area contributed by atoms with E-state index in [4.69, 9.17) is 10.3 Å². The molecule has 0 fully saturated rings. The maximum absolute atomic E-state index is 12.6. The lowest BCUT2D eigenvalue weighted by Crippen LogP contribution is -1.86. The van der Waals surface area contributed by atoms with Crippen LogP contribution in [0.1, 0.15) is 17.0 Å². The van der Waals surface area contributed by atoms with E-state index in [1.165, 1.54) is 12.1 Å². The molecule has 1 aromatic carbocycles. The molecular formula is C12H11FN2O. The Kier molecular flexibility index (Phi) is 2.72. The number of rotatable bonds is 2. The maximum Gasteiger partial charge on any atom is 0.182 e. The van der Waals surface area contributed by atoms with Crippen LogP contribution in [0, 0.1) is 12.7 Å². The van der Waals surface area contributed by atoms with Crippen LogP contribution in [0.3, 0.4) is 0 Å². The van der Waals surface area contributed by atoms with E-state index in [0.717, 1.165) is 5.56 Å². The minimum atomic E-state index is -0.257. The molecule has 0 saturated heterocycles. The Morgan fingerprint density at radius 2 is 1.94 bits per heavy atom. The first kappa shape index (κ1) is 10.4. The Morgan fingerprint density at radius 1 is 1.25 bits per heavy atom. The highest BCUT2D eigenvalue weighted by Crippen LogP contribution is 2.18. The molecule has 3 nitrogen and oxygen atoms in total. The third-order valence-electron chi connectivity index (χ3n) is 2.23. The van der Waals surface area contributed by atoms with Gasteiger partial charge in [-0.3, -0.25) is 0 Å². The predicted molar refractivity (Wildman–Crippen MR) is 61.0 cm³/mol. The van der Waals surface area contributed by atoms with Crippen molar-refractivity contribution in [3.63, 3.8) is 0 Å². The van der Waals surface area contributed by atoms with Gasteiger partial charge < -0.3 is 10.3 Å². The summed E-state index contributed by atoms with van der Waals surface area (Å²) in [4.78, 5) is 0. The molecule has 2 N–H and O–H groups in total. The Labute approximate surface area is 92.4 Å². The van der Waals surface area contributed by atoms with E-state index in [1.807, 2.05) is 0 Å². The van der Waals surface area contributed by atoms with Crippen molar-refractivity contribution in [1.29, 1.82) is 0 Å². The van der Waals surface area contributed by atoms with Crippen LogP contribution in [0.15, 0.2) is 28.8 Å². The van der Waals surface area contributed by atoms with Gasteiger partial charge in [-0.2, -0.15) is 0 Å². The van der Waals surface area contributed by atoms with Crippen molar-refractivity contribution in [2.75, 3.05) is 5.73 Å². The average molecular weight is 218 g/mol. The second kappa shape index (κ2) is 4.18. The van der Waals surface area contributed by atoms with Gasteiger partial charge in [0.15, 0.2) is 5.76 Å². The highest BCUT2D eigenvalue weighted by Gasteiger charge is 2.04. The monoisotopic (exact) mass is 218 g/mol. The van der Waals surface area contributed by atoms with Gasteiger partial charge in [0, 0.05) is 0 Å². The van der Waals surface area contributed by atoms with E-state index in [1.54, 1.807) is 31.2 Å². The molecule has 2 rings (SSSR count). The number of halogens is 1. The fourth-order valence-corrected chi connectivity index (χ4v) is 1.26. The highest BCUT2D eigenvalue weighted by atomic mass is 19.1. The van der Waals surface area contributed by atoms with Gasteiger partial charge in [0.2, 0.25) is 0 Å². The van der Waals surface area contributed by atoms with Crippen LogP contribution < -0.4 is 5.73 Å². The number of nitrogen functional groups attached to an aromatic ring is 1.